The summed E-state index contributed by atoms with van der Waals surface area (Å²) in [6.45, 7) is 8.11. The lowest BCUT2D eigenvalue weighted by molar-refractivity contribution is 0.0926. The van der Waals surface area contributed by atoms with E-state index < -0.39 is 0 Å². The molecular formula is C17H23N3O. The summed E-state index contributed by atoms with van der Waals surface area (Å²) in [6.07, 6.45) is 2.17. The highest BCUT2D eigenvalue weighted by Gasteiger charge is 2.20. The Morgan fingerprint density at radius 3 is 2.67 bits per heavy atom. The lowest BCUT2D eigenvalue weighted by Crippen LogP contribution is -2.45. The summed E-state index contributed by atoms with van der Waals surface area (Å²) in [5.41, 5.74) is 5.22. The quantitative estimate of drug-likeness (QED) is 0.794. The maximum absolute atomic E-state index is 12.6. The summed E-state index contributed by atoms with van der Waals surface area (Å²) in [7, 11) is 0. The minimum Gasteiger partial charge on any atom is -0.350 e. The van der Waals surface area contributed by atoms with Crippen LogP contribution >= 0.6 is 0 Å². The molecule has 1 aliphatic heterocycles. The Morgan fingerprint density at radius 1 is 1.24 bits per heavy atom. The normalized spacial score (nSPS) is 18.9. The summed E-state index contributed by atoms with van der Waals surface area (Å²) in [5, 5.41) is 7.65. The highest BCUT2D eigenvalue weighted by Crippen LogP contribution is 2.27. The van der Waals surface area contributed by atoms with Gasteiger partial charge in [0.25, 0.3) is 5.91 Å². The predicted molar refractivity (Wildman–Crippen MR) is 85.9 cm³/mol. The second-order valence-corrected chi connectivity index (χ2v) is 6.09. The number of H-pyrrole nitrogens is 1. The van der Waals surface area contributed by atoms with Gasteiger partial charge in [0.1, 0.15) is 5.69 Å². The van der Waals surface area contributed by atoms with E-state index in [0.29, 0.717) is 5.69 Å². The van der Waals surface area contributed by atoms with E-state index in [4.69, 9.17) is 0 Å². The molecule has 112 valence electrons. The molecular weight excluding hydrogens is 262 g/mol. The van der Waals surface area contributed by atoms with E-state index in [1.807, 2.05) is 6.92 Å². The van der Waals surface area contributed by atoms with Crippen LogP contribution in [0.5, 0.6) is 0 Å². The summed E-state index contributed by atoms with van der Waals surface area (Å²) < 4.78 is 0. The number of aromatic nitrogens is 1. The molecule has 0 aliphatic carbocycles. The number of carbonyl (C=O) groups excluding carboxylic acids is 1. The molecule has 1 aromatic heterocycles. The second kappa shape index (κ2) is 5.53. The van der Waals surface area contributed by atoms with Gasteiger partial charge in [-0.15, -0.1) is 0 Å². The minimum atomic E-state index is 0.0104. The number of rotatable bonds is 2. The van der Waals surface area contributed by atoms with Crippen LogP contribution in [0, 0.1) is 20.8 Å². The van der Waals surface area contributed by atoms with Gasteiger partial charge in [0.2, 0.25) is 0 Å². The van der Waals surface area contributed by atoms with Crippen molar-refractivity contribution in [1.29, 1.82) is 0 Å². The average molecular weight is 285 g/mol. The highest BCUT2D eigenvalue weighted by molar-refractivity contribution is 6.02. The van der Waals surface area contributed by atoms with Crippen molar-refractivity contribution < 1.29 is 4.79 Å². The second-order valence-electron chi connectivity index (χ2n) is 6.09. The van der Waals surface area contributed by atoms with Gasteiger partial charge in [0.15, 0.2) is 0 Å². The van der Waals surface area contributed by atoms with Crippen molar-refractivity contribution in [2.45, 2.75) is 39.7 Å². The maximum atomic E-state index is 12.6. The summed E-state index contributed by atoms with van der Waals surface area (Å²) in [6, 6.07) is 4.45. The van der Waals surface area contributed by atoms with Gasteiger partial charge in [-0.2, -0.15) is 0 Å². The first-order valence-electron chi connectivity index (χ1n) is 7.68. The van der Waals surface area contributed by atoms with E-state index in [1.165, 1.54) is 16.5 Å². The molecule has 1 aliphatic rings. The van der Waals surface area contributed by atoms with Gasteiger partial charge in [-0.25, -0.2) is 0 Å². The average Bonchev–Trinajstić information content (AvgIpc) is 2.83. The van der Waals surface area contributed by atoms with Gasteiger partial charge in [0, 0.05) is 23.5 Å². The topological polar surface area (TPSA) is 56.9 Å². The van der Waals surface area contributed by atoms with Crippen molar-refractivity contribution >= 4 is 16.8 Å². The van der Waals surface area contributed by atoms with Gasteiger partial charge in [0.05, 0.1) is 0 Å². The molecule has 1 aromatic carbocycles. The third-order valence-electron chi connectivity index (χ3n) is 4.48. The molecule has 3 rings (SSSR count). The number of carbonyl (C=O) groups is 1. The van der Waals surface area contributed by atoms with Crippen molar-refractivity contribution in [3.8, 4) is 0 Å². The number of aromatic amines is 1. The van der Waals surface area contributed by atoms with Crippen molar-refractivity contribution in [1.82, 2.24) is 15.6 Å². The first-order valence-corrected chi connectivity index (χ1v) is 7.68. The van der Waals surface area contributed by atoms with Crippen molar-refractivity contribution in [2.75, 3.05) is 13.1 Å². The SMILES string of the molecule is Cc1ccc(C)c2c(C)c(C(=O)NC3CCCNC3)[nH]c12. The number of amides is 1. The Balaban J connectivity index is 1.93. The molecule has 0 radical (unpaired) electrons. The lowest BCUT2D eigenvalue weighted by atomic mass is 10.0. The van der Waals surface area contributed by atoms with Crippen LogP contribution in [0.4, 0.5) is 0 Å². The molecule has 21 heavy (non-hydrogen) atoms. The van der Waals surface area contributed by atoms with Gasteiger partial charge in [-0.3, -0.25) is 4.79 Å². The van der Waals surface area contributed by atoms with Gasteiger partial charge in [-0.1, -0.05) is 12.1 Å². The van der Waals surface area contributed by atoms with Crippen LogP contribution in [0.1, 0.15) is 40.0 Å². The molecule has 2 heterocycles. The van der Waals surface area contributed by atoms with Crippen LogP contribution < -0.4 is 10.6 Å². The Morgan fingerprint density at radius 2 is 2.00 bits per heavy atom. The molecule has 4 nitrogen and oxygen atoms in total. The first kappa shape index (κ1) is 14.1. The Hall–Kier alpha value is -1.81. The number of hydrogen-bond donors (Lipinski definition) is 3. The van der Waals surface area contributed by atoms with Crippen molar-refractivity contribution in [3.63, 3.8) is 0 Å². The number of fused-ring (bicyclic) bond motifs is 1. The van der Waals surface area contributed by atoms with Gasteiger partial charge >= 0.3 is 0 Å². The summed E-state index contributed by atoms with van der Waals surface area (Å²) >= 11 is 0. The molecule has 1 atom stereocenters. The van der Waals surface area contributed by atoms with Crippen molar-refractivity contribution in [2.24, 2.45) is 0 Å². The van der Waals surface area contributed by atoms with Crippen molar-refractivity contribution in [3.05, 3.63) is 34.5 Å². The fourth-order valence-corrected chi connectivity index (χ4v) is 3.26. The smallest absolute Gasteiger partial charge is 0.268 e. The zero-order chi connectivity index (χ0) is 15.0. The molecule has 0 saturated carbocycles. The van der Waals surface area contributed by atoms with E-state index >= 15 is 0 Å². The van der Waals surface area contributed by atoms with Gasteiger partial charge < -0.3 is 15.6 Å². The van der Waals surface area contributed by atoms with Gasteiger partial charge in [-0.05, 0) is 56.8 Å². The summed E-state index contributed by atoms with van der Waals surface area (Å²) in [4.78, 5) is 15.9. The molecule has 2 aromatic rings. The van der Waals surface area contributed by atoms with Crippen LogP contribution in [0.3, 0.4) is 0 Å². The number of piperidine rings is 1. The number of hydrogen-bond acceptors (Lipinski definition) is 2. The molecule has 1 amide bonds. The molecule has 1 unspecified atom stereocenters. The van der Waals surface area contributed by atoms with Crippen LogP contribution in [0.2, 0.25) is 0 Å². The molecule has 3 N–H and O–H groups in total. The number of aryl methyl sites for hydroxylation is 3. The first-order chi connectivity index (χ1) is 10.1. The zero-order valence-electron chi connectivity index (χ0n) is 13.0. The summed E-state index contributed by atoms with van der Waals surface area (Å²) in [5.74, 6) is 0.0104. The van der Waals surface area contributed by atoms with Crippen LogP contribution in [-0.2, 0) is 0 Å². The monoisotopic (exact) mass is 285 g/mol. The largest absolute Gasteiger partial charge is 0.350 e. The fourth-order valence-electron chi connectivity index (χ4n) is 3.26. The number of benzene rings is 1. The van der Waals surface area contributed by atoms with E-state index in [2.05, 4.69) is 41.6 Å². The molecule has 0 spiro atoms. The fraction of sp³-hybridized carbons (Fsp3) is 0.471. The molecule has 4 heteroatoms. The van der Waals surface area contributed by atoms with E-state index in [-0.39, 0.29) is 11.9 Å². The maximum Gasteiger partial charge on any atom is 0.268 e. The third kappa shape index (κ3) is 2.56. The zero-order valence-corrected chi connectivity index (χ0v) is 13.0. The lowest BCUT2D eigenvalue weighted by Gasteiger charge is -2.23. The number of nitrogens with one attached hydrogen (secondary N) is 3. The molecule has 0 bridgehead atoms. The van der Waals surface area contributed by atoms with Crippen LogP contribution in [0.15, 0.2) is 12.1 Å². The van der Waals surface area contributed by atoms with E-state index in [0.717, 1.165) is 37.0 Å². The van der Waals surface area contributed by atoms with E-state index in [9.17, 15) is 4.79 Å². The standard InChI is InChI=1S/C17H23N3O/c1-10-6-7-11(2)15-14(10)12(3)16(20-15)17(21)19-13-5-4-8-18-9-13/h6-7,13,18,20H,4-5,8-9H2,1-3H3,(H,19,21). The minimum absolute atomic E-state index is 0.0104. The van der Waals surface area contributed by atoms with Crippen LogP contribution in [0.25, 0.3) is 10.9 Å². The molecule has 1 saturated heterocycles. The Bertz CT molecular complexity index is 681. The van der Waals surface area contributed by atoms with E-state index in [1.54, 1.807) is 0 Å². The Labute approximate surface area is 125 Å². The molecule has 1 fully saturated rings. The predicted octanol–water partition coefficient (Wildman–Crippen LogP) is 2.57. The highest BCUT2D eigenvalue weighted by atomic mass is 16.2. The Kier molecular flexibility index (Phi) is 3.72. The van der Waals surface area contributed by atoms with Crippen LogP contribution in [-0.4, -0.2) is 30.0 Å². The third-order valence-corrected chi connectivity index (χ3v) is 4.48.